The third-order valence-electron chi connectivity index (χ3n) is 15.8. The molecule has 0 aliphatic carbocycles. The standard InChI is InChI=1S/C17H35NO4.C15H31NO3.C15H31NO.C14H29NO2.C13H27NO2.C13H26O3/c1-15(2)5-6-17(19)18-8-10-21-12-14-22-13-11-20-9-7-16(3)4;1-13(2)5-6-15(17)16-8-10-19-12-11-18-9-7-14(3)4;1-13(2)9-7-5-6-8-12-16-15(17)11-10-14(3)4;1-12(2)9-7-5-6-8-10-15-14(16)11-17-13(3)4;1-11(2)7-9-16-8-5-6-13(15)10-14-12(3)4;1-11(2)7-9-15-8-5-6-13(14)10-16-12(3)4/h15-16H,5-14H2,1-4H3,(H,18,19);13-14H,5-12H2,1-4H3,(H,16,17);13-14H,5-12H2,1-4H3,(H,16,17);12-13H,5-11H2,1-4H3,(H,15,16);11-12,14H,5-10H2,1-4H3;11-12H,5-10H2,1-4H3. The summed E-state index contributed by atoms with van der Waals surface area (Å²) in [6, 6.07) is 0.381. The molecular formula is C87H179N5O15. The summed E-state index contributed by atoms with van der Waals surface area (Å²) in [5.74, 6) is 7.02. The smallest absolute Gasteiger partial charge is 0.246 e. The van der Waals surface area contributed by atoms with Gasteiger partial charge >= 0.3 is 0 Å². The number of ether oxygens (including phenoxy) is 9. The third-order valence-corrected chi connectivity index (χ3v) is 15.8. The van der Waals surface area contributed by atoms with E-state index in [0.29, 0.717) is 165 Å². The van der Waals surface area contributed by atoms with Crippen LogP contribution in [0.5, 0.6) is 0 Å². The lowest BCUT2D eigenvalue weighted by Gasteiger charge is -2.09. The van der Waals surface area contributed by atoms with Crippen molar-refractivity contribution in [1.29, 1.82) is 0 Å². The summed E-state index contributed by atoms with van der Waals surface area (Å²) in [5.41, 5.74) is 0. The molecule has 0 aliphatic heterocycles. The van der Waals surface area contributed by atoms with E-state index in [1.54, 1.807) is 0 Å². The van der Waals surface area contributed by atoms with Crippen molar-refractivity contribution in [3.8, 4) is 0 Å². The third kappa shape index (κ3) is 124. The van der Waals surface area contributed by atoms with Crippen molar-refractivity contribution in [2.45, 2.75) is 339 Å². The van der Waals surface area contributed by atoms with Crippen molar-refractivity contribution in [1.82, 2.24) is 26.6 Å². The van der Waals surface area contributed by atoms with Gasteiger partial charge in [0.05, 0.1) is 71.6 Å². The van der Waals surface area contributed by atoms with E-state index in [4.69, 9.17) is 42.6 Å². The number of Topliss-reactive ketones (excluding diaryl/α,β-unsaturated/α-hetero) is 2. The molecule has 0 aliphatic rings. The first-order valence-corrected chi connectivity index (χ1v) is 42.7. The highest BCUT2D eigenvalue weighted by molar-refractivity contribution is 5.80. The van der Waals surface area contributed by atoms with Crippen LogP contribution in [0.1, 0.15) is 320 Å². The van der Waals surface area contributed by atoms with E-state index in [-0.39, 0.29) is 60.6 Å². The maximum atomic E-state index is 11.4. The number of rotatable bonds is 67. The lowest BCUT2D eigenvalue weighted by atomic mass is 10.0. The molecule has 0 saturated carbocycles. The molecule has 0 rings (SSSR count). The van der Waals surface area contributed by atoms with Crippen LogP contribution in [0.25, 0.3) is 0 Å². The fraction of sp³-hybridized carbons (Fsp3) is 0.931. The lowest BCUT2D eigenvalue weighted by molar-refractivity contribution is -0.127. The van der Waals surface area contributed by atoms with Crippen molar-refractivity contribution >= 4 is 35.2 Å². The average molecular weight is 1540 g/mol. The molecular weight excluding hydrogens is 1350 g/mol. The van der Waals surface area contributed by atoms with Crippen molar-refractivity contribution in [3.63, 3.8) is 0 Å². The highest BCUT2D eigenvalue weighted by Crippen LogP contribution is 2.12. The molecule has 20 heteroatoms. The first kappa shape index (κ1) is 115. The number of carbonyl (C=O) groups excluding carboxylic acids is 6. The van der Waals surface area contributed by atoms with Crippen molar-refractivity contribution in [2.75, 3.05) is 138 Å². The van der Waals surface area contributed by atoms with Gasteiger partial charge in [0.2, 0.25) is 23.6 Å². The van der Waals surface area contributed by atoms with E-state index >= 15 is 0 Å². The van der Waals surface area contributed by atoms with Crippen molar-refractivity contribution < 1.29 is 71.4 Å². The average Bonchev–Trinajstić information content (AvgIpc) is 1.51. The molecule has 0 heterocycles. The Labute approximate surface area is 660 Å². The van der Waals surface area contributed by atoms with Gasteiger partial charge in [-0.05, 0) is 152 Å². The molecule has 0 saturated heterocycles. The van der Waals surface area contributed by atoms with Crippen LogP contribution in [0.4, 0.5) is 0 Å². The molecule has 107 heavy (non-hydrogen) atoms. The van der Waals surface area contributed by atoms with E-state index in [1.165, 1.54) is 51.4 Å². The number of hydrogen-bond donors (Lipinski definition) is 5. The monoisotopic (exact) mass is 1530 g/mol. The van der Waals surface area contributed by atoms with E-state index in [9.17, 15) is 28.8 Å². The predicted octanol–water partition coefficient (Wildman–Crippen LogP) is 17.8. The first-order valence-electron chi connectivity index (χ1n) is 42.7. The van der Waals surface area contributed by atoms with Crippen molar-refractivity contribution in [3.05, 3.63) is 0 Å². The molecule has 5 N–H and O–H groups in total. The number of nitrogens with one attached hydrogen (secondary N) is 5. The van der Waals surface area contributed by atoms with Crippen LogP contribution in [-0.2, 0) is 71.4 Å². The van der Waals surface area contributed by atoms with Gasteiger partial charge in [-0.15, -0.1) is 0 Å². The molecule has 0 aromatic carbocycles. The zero-order valence-corrected chi connectivity index (χ0v) is 74.4. The quantitative estimate of drug-likeness (QED) is 0.0355. The second kappa shape index (κ2) is 88.4. The Morgan fingerprint density at radius 1 is 0.234 bits per heavy atom. The van der Waals surface area contributed by atoms with Gasteiger partial charge in [0.15, 0.2) is 5.78 Å². The minimum absolute atomic E-state index is 0.000815. The molecule has 0 fully saturated rings. The SMILES string of the molecule is CC(C)CCCCCCNC(=O)CCC(C)C.CC(C)CCCCCCNC(=O)COC(C)C.CC(C)CCOCCCC(=O)CNC(C)C.CC(C)CCOCCCC(=O)COC(C)C.CC(C)CCOCCOCCNC(=O)CCC(C)C.CC(C)CCOCCOCCOCCNC(=O)CCC(C)C. The number of carbonyl (C=O) groups is 6. The maximum Gasteiger partial charge on any atom is 0.246 e. The van der Waals surface area contributed by atoms with Gasteiger partial charge in [-0.3, -0.25) is 28.8 Å². The Morgan fingerprint density at radius 3 is 0.822 bits per heavy atom. The van der Waals surface area contributed by atoms with Crippen LogP contribution in [-0.4, -0.2) is 192 Å². The van der Waals surface area contributed by atoms with E-state index in [1.807, 2.05) is 41.5 Å². The van der Waals surface area contributed by atoms with Crippen LogP contribution in [0.3, 0.4) is 0 Å². The molecule has 642 valence electrons. The van der Waals surface area contributed by atoms with Gasteiger partial charge in [-0.25, -0.2) is 0 Å². The zero-order valence-electron chi connectivity index (χ0n) is 74.4. The minimum atomic E-state index is 0.000815. The molecule has 0 bridgehead atoms. The lowest BCUT2D eigenvalue weighted by Crippen LogP contribution is -2.29. The summed E-state index contributed by atoms with van der Waals surface area (Å²) in [5, 5.41) is 14.7. The summed E-state index contributed by atoms with van der Waals surface area (Å²) in [4.78, 5) is 68.2. The number of ketones is 2. The molecule has 0 atom stereocenters. The number of hydrogen-bond acceptors (Lipinski definition) is 16. The van der Waals surface area contributed by atoms with Crippen LogP contribution < -0.4 is 26.6 Å². The normalized spacial score (nSPS) is 11.3. The fourth-order valence-electron chi connectivity index (χ4n) is 8.69. The topological polar surface area (TPSA) is 246 Å². The highest BCUT2D eigenvalue weighted by Gasteiger charge is 2.09. The molecule has 0 aromatic heterocycles. The predicted molar refractivity (Wildman–Crippen MR) is 447 cm³/mol. The maximum absolute atomic E-state index is 11.4. The Balaban J connectivity index is -0.000000287. The van der Waals surface area contributed by atoms with Gasteiger partial charge in [-0.1, -0.05) is 190 Å². The van der Waals surface area contributed by atoms with Gasteiger partial charge in [0.1, 0.15) is 19.0 Å². The van der Waals surface area contributed by atoms with E-state index in [0.717, 1.165) is 122 Å². The fourth-order valence-corrected chi connectivity index (χ4v) is 8.69. The Kier molecular flexibility index (Phi) is 94.7. The van der Waals surface area contributed by atoms with Gasteiger partial charge in [-0.2, -0.15) is 0 Å². The van der Waals surface area contributed by atoms with Crippen LogP contribution in [0.2, 0.25) is 0 Å². The molecule has 0 unspecified atom stereocenters. The zero-order chi connectivity index (χ0) is 82.1. The molecule has 20 nitrogen and oxygen atoms in total. The second-order valence-electron chi connectivity index (χ2n) is 32.9. The summed E-state index contributed by atoms with van der Waals surface area (Å²) in [7, 11) is 0. The molecule has 0 spiro atoms. The molecule has 0 radical (unpaired) electrons. The Morgan fingerprint density at radius 2 is 0.505 bits per heavy atom. The van der Waals surface area contributed by atoms with E-state index < -0.39 is 0 Å². The number of unbranched alkanes of at least 4 members (excludes halogenated alkanes) is 6. The van der Waals surface area contributed by atoms with Crippen LogP contribution in [0, 0.1) is 53.3 Å². The summed E-state index contributed by atoms with van der Waals surface area (Å²) >= 11 is 0. The van der Waals surface area contributed by atoms with Crippen molar-refractivity contribution in [2.24, 2.45) is 53.3 Å². The highest BCUT2D eigenvalue weighted by atomic mass is 16.5. The van der Waals surface area contributed by atoms with Crippen LogP contribution in [0.15, 0.2) is 0 Å². The summed E-state index contributed by atoms with van der Waals surface area (Å²) in [6.45, 7) is 64.1. The number of amides is 4. The van der Waals surface area contributed by atoms with Crippen LogP contribution >= 0.6 is 0 Å². The van der Waals surface area contributed by atoms with E-state index in [2.05, 4.69) is 151 Å². The molecule has 0 aromatic rings. The minimum Gasteiger partial charge on any atom is -0.381 e. The van der Waals surface area contributed by atoms with Gasteiger partial charge in [0, 0.05) is 104 Å². The Hall–Kier alpha value is -3.18. The first-order chi connectivity index (χ1) is 50.6. The molecule has 4 amide bonds. The van der Waals surface area contributed by atoms with Gasteiger partial charge < -0.3 is 69.2 Å². The second-order valence-corrected chi connectivity index (χ2v) is 32.9. The Bertz CT molecular complexity index is 1800. The van der Waals surface area contributed by atoms with Gasteiger partial charge in [0.25, 0.3) is 0 Å². The largest absolute Gasteiger partial charge is 0.381 e. The summed E-state index contributed by atoms with van der Waals surface area (Å²) < 4.78 is 48.3. The summed E-state index contributed by atoms with van der Waals surface area (Å²) in [6.07, 6.45) is 24.7.